The summed E-state index contributed by atoms with van der Waals surface area (Å²) in [6, 6.07) is 2.05. The Balaban J connectivity index is 2.08. The molecule has 122 valence electrons. The molecule has 0 aromatic heterocycles. The van der Waals surface area contributed by atoms with Crippen LogP contribution in [-0.4, -0.2) is 66.3 Å². The van der Waals surface area contributed by atoms with Crippen LogP contribution in [0, 0.1) is 11.3 Å². The quantitative estimate of drug-likeness (QED) is 0.565. The molecule has 0 N–H and O–H groups in total. The lowest BCUT2D eigenvalue weighted by atomic mass is 10.1. The molecule has 4 unspecified atom stereocenters. The van der Waals surface area contributed by atoms with Crippen LogP contribution in [0.3, 0.4) is 0 Å². The average molecular weight is 307 g/mol. The van der Waals surface area contributed by atoms with E-state index >= 15 is 0 Å². The van der Waals surface area contributed by atoms with Crippen molar-refractivity contribution in [3.8, 4) is 6.07 Å². The number of nitriles is 1. The molecule has 2 heterocycles. The Labute approximate surface area is 132 Å². The minimum atomic E-state index is -0.212. The molecule has 22 heavy (non-hydrogen) atoms. The van der Waals surface area contributed by atoms with Crippen LogP contribution in [0.5, 0.6) is 0 Å². The molecule has 0 aliphatic carbocycles. The molecular weight excluding hydrogens is 282 g/mol. The van der Waals surface area contributed by atoms with Gasteiger partial charge in [0.2, 0.25) is 0 Å². The van der Waals surface area contributed by atoms with E-state index in [1.165, 1.54) is 0 Å². The molecule has 0 radical (unpaired) electrons. The Morgan fingerprint density at radius 2 is 1.45 bits per heavy atom. The van der Waals surface area contributed by atoms with Crippen LogP contribution in [0.4, 0.5) is 0 Å². The highest BCUT2D eigenvalue weighted by Gasteiger charge is 2.29. The van der Waals surface area contributed by atoms with Crippen LogP contribution in [0.15, 0.2) is 11.8 Å². The maximum absolute atomic E-state index is 12.6. The van der Waals surface area contributed by atoms with Gasteiger partial charge in [-0.1, -0.05) is 0 Å². The lowest BCUT2D eigenvalue weighted by molar-refractivity contribution is -0.138. The number of hydrogen-bond donors (Lipinski definition) is 0. The number of amides is 1. The van der Waals surface area contributed by atoms with E-state index in [1.54, 1.807) is 11.1 Å². The van der Waals surface area contributed by atoms with Crippen LogP contribution in [0.2, 0.25) is 0 Å². The summed E-state index contributed by atoms with van der Waals surface area (Å²) in [4.78, 5) is 16.3. The van der Waals surface area contributed by atoms with E-state index in [2.05, 4.69) is 6.07 Å². The number of rotatable bonds is 2. The maximum Gasteiger partial charge on any atom is 0.266 e. The van der Waals surface area contributed by atoms with E-state index in [0.717, 1.165) is 0 Å². The summed E-state index contributed by atoms with van der Waals surface area (Å²) in [7, 11) is 0. The van der Waals surface area contributed by atoms with Crippen LogP contribution < -0.4 is 0 Å². The molecule has 2 aliphatic rings. The third-order valence-corrected chi connectivity index (χ3v) is 3.82. The van der Waals surface area contributed by atoms with Gasteiger partial charge in [0.25, 0.3) is 5.91 Å². The third kappa shape index (κ3) is 4.21. The number of carbonyl (C=O) groups is 1. The lowest BCUT2D eigenvalue weighted by Crippen LogP contribution is -2.49. The molecule has 0 aromatic rings. The van der Waals surface area contributed by atoms with Gasteiger partial charge in [0, 0.05) is 32.4 Å². The number of hydrogen-bond acceptors (Lipinski definition) is 5. The molecule has 2 aliphatic heterocycles. The standard InChI is InChI=1S/C16H25N3O3/c1-11-6-18(7-12(2)21-11)10-15(5-17)16(20)19-8-13(3)22-14(4)9-19/h10-14H,6-9H2,1-4H3/b15-10-. The molecule has 0 spiro atoms. The maximum atomic E-state index is 12.6. The number of nitrogens with zero attached hydrogens (tertiary/aromatic N) is 3. The summed E-state index contributed by atoms with van der Waals surface area (Å²) in [6.07, 6.45) is 1.87. The van der Waals surface area contributed by atoms with Crippen molar-refractivity contribution in [2.24, 2.45) is 0 Å². The Hall–Kier alpha value is -1.58. The predicted octanol–water partition coefficient (Wildman–Crippen LogP) is 1.14. The van der Waals surface area contributed by atoms with E-state index in [4.69, 9.17) is 9.47 Å². The molecule has 4 atom stereocenters. The van der Waals surface area contributed by atoms with Crippen molar-refractivity contribution in [2.75, 3.05) is 26.2 Å². The van der Waals surface area contributed by atoms with E-state index in [9.17, 15) is 10.1 Å². The van der Waals surface area contributed by atoms with Crippen molar-refractivity contribution in [1.29, 1.82) is 5.26 Å². The van der Waals surface area contributed by atoms with Gasteiger partial charge in [-0.05, 0) is 27.7 Å². The van der Waals surface area contributed by atoms with E-state index < -0.39 is 0 Å². The summed E-state index contributed by atoms with van der Waals surface area (Å²) < 4.78 is 11.3. The van der Waals surface area contributed by atoms with Crippen LogP contribution in [-0.2, 0) is 14.3 Å². The van der Waals surface area contributed by atoms with E-state index in [1.807, 2.05) is 32.6 Å². The van der Waals surface area contributed by atoms with Crippen LogP contribution in [0.25, 0.3) is 0 Å². The molecule has 2 rings (SSSR count). The summed E-state index contributed by atoms with van der Waals surface area (Å²) >= 11 is 0. The average Bonchev–Trinajstić information content (AvgIpc) is 2.42. The first kappa shape index (κ1) is 16.8. The van der Waals surface area contributed by atoms with Crippen LogP contribution in [0.1, 0.15) is 27.7 Å². The number of ether oxygens (including phenoxy) is 2. The fourth-order valence-corrected chi connectivity index (χ4v) is 3.15. The van der Waals surface area contributed by atoms with Crippen molar-refractivity contribution in [2.45, 2.75) is 52.1 Å². The first-order chi connectivity index (χ1) is 10.4. The summed E-state index contributed by atoms with van der Waals surface area (Å²) in [5.74, 6) is -0.212. The zero-order valence-corrected chi connectivity index (χ0v) is 13.8. The second kappa shape index (κ2) is 7.12. The highest BCUT2D eigenvalue weighted by molar-refractivity contribution is 5.97. The Morgan fingerprint density at radius 1 is 1.00 bits per heavy atom. The first-order valence-electron chi connectivity index (χ1n) is 7.85. The topological polar surface area (TPSA) is 65.8 Å². The summed E-state index contributed by atoms with van der Waals surface area (Å²) in [6.45, 7) is 10.3. The van der Waals surface area contributed by atoms with Crippen molar-refractivity contribution >= 4 is 5.91 Å². The lowest BCUT2D eigenvalue weighted by Gasteiger charge is -2.36. The Morgan fingerprint density at radius 3 is 1.91 bits per heavy atom. The smallest absolute Gasteiger partial charge is 0.266 e. The Kier molecular flexibility index (Phi) is 5.43. The SMILES string of the molecule is CC1CN(/C=C(/C#N)C(=O)N2CC(C)OC(C)C2)CC(C)O1. The molecule has 6 heteroatoms. The van der Waals surface area contributed by atoms with Crippen molar-refractivity contribution in [3.63, 3.8) is 0 Å². The van der Waals surface area contributed by atoms with Gasteiger partial charge in [0.05, 0.1) is 24.4 Å². The van der Waals surface area contributed by atoms with Gasteiger partial charge in [0.15, 0.2) is 0 Å². The second-order valence-electron chi connectivity index (χ2n) is 6.33. The molecule has 0 aromatic carbocycles. The van der Waals surface area contributed by atoms with Gasteiger partial charge in [-0.25, -0.2) is 0 Å². The van der Waals surface area contributed by atoms with Crippen LogP contribution >= 0.6 is 0 Å². The van der Waals surface area contributed by atoms with Gasteiger partial charge in [-0.3, -0.25) is 4.79 Å². The van der Waals surface area contributed by atoms with Gasteiger partial charge < -0.3 is 19.3 Å². The molecule has 0 bridgehead atoms. The first-order valence-corrected chi connectivity index (χ1v) is 7.85. The van der Waals surface area contributed by atoms with E-state index in [-0.39, 0.29) is 35.9 Å². The molecule has 2 saturated heterocycles. The normalized spacial score (nSPS) is 33.5. The minimum Gasteiger partial charge on any atom is -0.372 e. The fraction of sp³-hybridized carbons (Fsp3) is 0.750. The van der Waals surface area contributed by atoms with Crippen molar-refractivity contribution < 1.29 is 14.3 Å². The summed E-state index contributed by atoms with van der Waals surface area (Å²) in [5.41, 5.74) is 0.183. The zero-order valence-electron chi connectivity index (χ0n) is 13.8. The molecule has 1 amide bonds. The predicted molar refractivity (Wildman–Crippen MR) is 81.9 cm³/mol. The summed E-state index contributed by atoms with van der Waals surface area (Å²) in [5, 5.41) is 9.37. The van der Waals surface area contributed by atoms with E-state index in [0.29, 0.717) is 26.2 Å². The van der Waals surface area contributed by atoms with Gasteiger partial charge in [0.1, 0.15) is 11.6 Å². The Bertz CT molecular complexity index is 466. The number of morpholine rings is 2. The number of carbonyl (C=O) groups excluding carboxylic acids is 1. The zero-order chi connectivity index (χ0) is 16.3. The van der Waals surface area contributed by atoms with Crippen molar-refractivity contribution in [1.82, 2.24) is 9.80 Å². The van der Waals surface area contributed by atoms with Gasteiger partial charge in [-0.2, -0.15) is 5.26 Å². The van der Waals surface area contributed by atoms with Crippen molar-refractivity contribution in [3.05, 3.63) is 11.8 Å². The second-order valence-corrected chi connectivity index (χ2v) is 6.33. The minimum absolute atomic E-state index is 0.00364. The fourth-order valence-electron chi connectivity index (χ4n) is 3.15. The molecular formula is C16H25N3O3. The monoisotopic (exact) mass is 307 g/mol. The third-order valence-electron chi connectivity index (χ3n) is 3.82. The van der Waals surface area contributed by atoms with Gasteiger partial charge in [-0.15, -0.1) is 0 Å². The van der Waals surface area contributed by atoms with Gasteiger partial charge >= 0.3 is 0 Å². The molecule has 0 saturated carbocycles. The molecule has 2 fully saturated rings. The highest BCUT2D eigenvalue weighted by Crippen LogP contribution is 2.16. The highest BCUT2D eigenvalue weighted by atomic mass is 16.5. The molecule has 6 nitrogen and oxygen atoms in total. The largest absolute Gasteiger partial charge is 0.372 e.